The lowest BCUT2D eigenvalue weighted by Gasteiger charge is -2.37. The highest BCUT2D eigenvalue weighted by Gasteiger charge is 2.23. The molecule has 0 saturated carbocycles. The third kappa shape index (κ3) is 2.81. The summed E-state index contributed by atoms with van der Waals surface area (Å²) in [7, 11) is 0. The van der Waals surface area contributed by atoms with Crippen molar-refractivity contribution in [1.82, 2.24) is 0 Å². The first-order valence-electron chi connectivity index (χ1n) is 7.17. The highest BCUT2D eigenvalue weighted by molar-refractivity contribution is 5.64. The van der Waals surface area contributed by atoms with Gasteiger partial charge in [-0.25, -0.2) is 0 Å². The Bertz CT molecular complexity index is 665. The van der Waals surface area contributed by atoms with Gasteiger partial charge in [0.05, 0.1) is 4.92 Å². The lowest BCUT2D eigenvalue weighted by Crippen LogP contribution is -2.46. The predicted molar refractivity (Wildman–Crippen MR) is 85.6 cm³/mol. The van der Waals surface area contributed by atoms with Crippen LogP contribution in [0.3, 0.4) is 0 Å². The summed E-state index contributed by atoms with van der Waals surface area (Å²) >= 11 is 0. The minimum absolute atomic E-state index is 0.153. The van der Waals surface area contributed by atoms with Crippen LogP contribution < -0.4 is 9.80 Å². The normalized spacial score (nSPS) is 14.9. The van der Waals surface area contributed by atoms with Crippen LogP contribution in [-0.2, 0) is 0 Å². The number of nitro groups is 1. The Hall–Kier alpha value is -2.76. The molecule has 22 heavy (non-hydrogen) atoms. The zero-order valence-electron chi connectivity index (χ0n) is 12.1. The minimum atomic E-state index is -0.332. The number of rotatable bonds is 3. The predicted octanol–water partition coefficient (Wildman–Crippen LogP) is 2.63. The number of benzene rings is 2. The molecule has 1 saturated heterocycles. The molecule has 6 nitrogen and oxygen atoms in total. The van der Waals surface area contributed by atoms with Crippen LogP contribution in [0.4, 0.5) is 17.1 Å². The maximum Gasteiger partial charge on any atom is 0.292 e. The summed E-state index contributed by atoms with van der Waals surface area (Å²) in [5.74, 6) is 0.252. The maximum atomic E-state index is 11.1. The van der Waals surface area contributed by atoms with Crippen LogP contribution in [-0.4, -0.2) is 36.2 Å². The van der Waals surface area contributed by atoms with Gasteiger partial charge in [0.25, 0.3) is 5.69 Å². The van der Waals surface area contributed by atoms with E-state index in [-0.39, 0.29) is 16.4 Å². The molecule has 2 aromatic carbocycles. The molecule has 1 aliphatic rings. The van der Waals surface area contributed by atoms with Gasteiger partial charge in [-0.15, -0.1) is 0 Å². The summed E-state index contributed by atoms with van der Waals surface area (Å²) in [5.41, 5.74) is 1.89. The number of nitrogens with zero attached hydrogens (tertiary/aromatic N) is 3. The molecule has 1 fully saturated rings. The molecule has 0 bridgehead atoms. The average Bonchev–Trinajstić information content (AvgIpc) is 2.56. The second-order valence-corrected chi connectivity index (χ2v) is 5.24. The van der Waals surface area contributed by atoms with Gasteiger partial charge in [0.15, 0.2) is 0 Å². The quantitative estimate of drug-likeness (QED) is 0.697. The third-order valence-corrected chi connectivity index (χ3v) is 3.91. The summed E-state index contributed by atoms with van der Waals surface area (Å²) in [6.45, 7) is 3.03. The summed E-state index contributed by atoms with van der Waals surface area (Å²) in [4.78, 5) is 15.1. The summed E-state index contributed by atoms with van der Waals surface area (Å²) in [5, 5.41) is 20.5. The molecular weight excluding hydrogens is 282 g/mol. The molecule has 0 spiro atoms. The van der Waals surface area contributed by atoms with Gasteiger partial charge in [0.2, 0.25) is 0 Å². The smallest absolute Gasteiger partial charge is 0.292 e. The molecule has 0 amide bonds. The van der Waals surface area contributed by atoms with Crippen molar-refractivity contribution < 1.29 is 10.0 Å². The second-order valence-electron chi connectivity index (χ2n) is 5.24. The first-order chi connectivity index (χ1) is 10.6. The molecule has 6 heteroatoms. The molecule has 0 aliphatic carbocycles. The lowest BCUT2D eigenvalue weighted by atomic mass is 10.2. The van der Waals surface area contributed by atoms with Crippen LogP contribution in [0.2, 0.25) is 0 Å². The molecule has 1 N–H and O–H groups in total. The Balaban J connectivity index is 1.72. The zero-order chi connectivity index (χ0) is 15.5. The number of phenols is 1. The Morgan fingerprint density at radius 2 is 1.50 bits per heavy atom. The fraction of sp³-hybridized carbons (Fsp3) is 0.250. The van der Waals surface area contributed by atoms with Crippen molar-refractivity contribution in [2.75, 3.05) is 36.0 Å². The minimum Gasteiger partial charge on any atom is -0.508 e. The largest absolute Gasteiger partial charge is 0.508 e. The molecule has 2 aromatic rings. The van der Waals surface area contributed by atoms with Gasteiger partial charge in [0, 0.05) is 37.9 Å². The van der Waals surface area contributed by atoms with Crippen molar-refractivity contribution in [1.29, 1.82) is 0 Å². The molecule has 1 aliphatic heterocycles. The number of aromatic hydroxyl groups is 1. The van der Waals surface area contributed by atoms with Gasteiger partial charge in [-0.3, -0.25) is 10.1 Å². The van der Waals surface area contributed by atoms with Crippen LogP contribution in [0.15, 0.2) is 48.5 Å². The monoisotopic (exact) mass is 299 g/mol. The van der Waals surface area contributed by atoms with Crippen molar-refractivity contribution in [2.45, 2.75) is 0 Å². The van der Waals surface area contributed by atoms with Crippen molar-refractivity contribution >= 4 is 17.1 Å². The highest BCUT2D eigenvalue weighted by Crippen LogP contribution is 2.29. The van der Waals surface area contributed by atoms with Gasteiger partial charge < -0.3 is 14.9 Å². The molecule has 1 heterocycles. The standard InChI is InChI=1S/C16H17N3O3/c20-14-7-5-13(6-8-14)17-9-11-18(12-10-17)15-3-1-2-4-16(15)19(21)22/h1-8,20H,9-12H2. The van der Waals surface area contributed by atoms with E-state index >= 15 is 0 Å². The van der Waals surface area contributed by atoms with E-state index in [9.17, 15) is 15.2 Å². The molecule has 0 atom stereocenters. The van der Waals surface area contributed by atoms with E-state index in [2.05, 4.69) is 9.80 Å². The van der Waals surface area contributed by atoms with E-state index in [0.29, 0.717) is 5.69 Å². The number of nitro benzene ring substituents is 1. The van der Waals surface area contributed by atoms with Crippen molar-refractivity contribution in [3.05, 3.63) is 58.6 Å². The van der Waals surface area contributed by atoms with Crippen LogP contribution in [0, 0.1) is 10.1 Å². The number of hydrogen-bond acceptors (Lipinski definition) is 5. The van der Waals surface area contributed by atoms with Gasteiger partial charge >= 0.3 is 0 Å². The van der Waals surface area contributed by atoms with Crippen LogP contribution >= 0.6 is 0 Å². The molecule has 0 aromatic heterocycles. The Labute approximate surface area is 128 Å². The number of para-hydroxylation sites is 2. The van der Waals surface area contributed by atoms with Gasteiger partial charge in [-0.2, -0.15) is 0 Å². The summed E-state index contributed by atoms with van der Waals surface area (Å²) < 4.78 is 0. The number of hydrogen-bond donors (Lipinski definition) is 1. The average molecular weight is 299 g/mol. The van der Waals surface area contributed by atoms with Crippen molar-refractivity contribution in [3.8, 4) is 5.75 Å². The molecular formula is C16H17N3O3. The van der Waals surface area contributed by atoms with Crippen LogP contribution in [0.25, 0.3) is 0 Å². The number of anilines is 2. The van der Waals surface area contributed by atoms with Crippen molar-refractivity contribution in [3.63, 3.8) is 0 Å². The fourth-order valence-electron chi connectivity index (χ4n) is 2.75. The van der Waals surface area contributed by atoms with Gasteiger partial charge in [0.1, 0.15) is 11.4 Å². The van der Waals surface area contributed by atoms with E-state index in [0.717, 1.165) is 31.9 Å². The van der Waals surface area contributed by atoms with Crippen LogP contribution in [0.5, 0.6) is 5.75 Å². The Morgan fingerprint density at radius 3 is 2.14 bits per heavy atom. The Morgan fingerprint density at radius 1 is 0.909 bits per heavy atom. The third-order valence-electron chi connectivity index (χ3n) is 3.91. The topological polar surface area (TPSA) is 69.9 Å². The Kier molecular flexibility index (Phi) is 3.82. The molecule has 3 rings (SSSR count). The second kappa shape index (κ2) is 5.93. The summed E-state index contributed by atoms with van der Waals surface area (Å²) in [6.07, 6.45) is 0. The highest BCUT2D eigenvalue weighted by atomic mass is 16.6. The van der Waals surface area contributed by atoms with Gasteiger partial charge in [-0.1, -0.05) is 12.1 Å². The van der Waals surface area contributed by atoms with Gasteiger partial charge in [-0.05, 0) is 30.3 Å². The molecule has 0 unspecified atom stereocenters. The van der Waals surface area contributed by atoms with E-state index in [1.165, 1.54) is 0 Å². The fourth-order valence-corrected chi connectivity index (χ4v) is 2.75. The van der Waals surface area contributed by atoms with E-state index in [4.69, 9.17) is 0 Å². The first-order valence-corrected chi connectivity index (χ1v) is 7.17. The van der Waals surface area contributed by atoms with E-state index < -0.39 is 0 Å². The number of piperazine rings is 1. The molecule has 0 radical (unpaired) electrons. The van der Waals surface area contributed by atoms with E-state index in [1.54, 1.807) is 30.3 Å². The summed E-state index contributed by atoms with van der Waals surface area (Å²) in [6, 6.07) is 14.0. The van der Waals surface area contributed by atoms with E-state index in [1.807, 2.05) is 18.2 Å². The lowest BCUT2D eigenvalue weighted by molar-refractivity contribution is -0.384. The molecule has 114 valence electrons. The SMILES string of the molecule is O=[N+]([O-])c1ccccc1N1CCN(c2ccc(O)cc2)CC1. The number of phenolic OH excluding ortho intramolecular Hbond substituents is 1. The maximum absolute atomic E-state index is 11.1. The van der Waals surface area contributed by atoms with Crippen molar-refractivity contribution in [2.24, 2.45) is 0 Å². The van der Waals surface area contributed by atoms with Crippen LogP contribution in [0.1, 0.15) is 0 Å². The first kappa shape index (κ1) is 14.2. The zero-order valence-corrected chi connectivity index (χ0v) is 12.1.